The number of amidine groups is 1. The highest BCUT2D eigenvalue weighted by molar-refractivity contribution is 5.91. The molecule has 1 fully saturated rings. The van der Waals surface area contributed by atoms with Gasteiger partial charge in [-0.15, -0.1) is 0 Å². The highest BCUT2D eigenvalue weighted by atomic mass is 19.1. The third-order valence-electron chi connectivity index (χ3n) is 3.98. The van der Waals surface area contributed by atoms with Gasteiger partial charge in [-0.2, -0.15) is 0 Å². The van der Waals surface area contributed by atoms with Crippen molar-refractivity contribution in [2.24, 2.45) is 21.8 Å². The number of halogens is 1. The van der Waals surface area contributed by atoms with Gasteiger partial charge in [0, 0.05) is 11.1 Å². The smallest absolute Gasteiger partial charge is 0.308 e. The summed E-state index contributed by atoms with van der Waals surface area (Å²) in [5.74, 6) is -0.656. The van der Waals surface area contributed by atoms with E-state index in [0.717, 1.165) is 0 Å². The quantitative estimate of drug-likeness (QED) is 0.305. The molecule has 2 rings (SSSR count). The number of nitrogens with two attached hydrogens (primary N) is 1. The third kappa shape index (κ3) is 4.01. The lowest BCUT2D eigenvalue weighted by Crippen LogP contribution is -2.49. The van der Waals surface area contributed by atoms with E-state index in [1.165, 1.54) is 17.2 Å². The van der Waals surface area contributed by atoms with Gasteiger partial charge >= 0.3 is 5.97 Å². The second-order valence-electron chi connectivity index (χ2n) is 6.17. The van der Waals surface area contributed by atoms with E-state index < -0.39 is 49.1 Å². The standard InChI is InChI=1S/C14H21FN6O4/c1-8(2)13(23)24-6-14(5-19-20-17)11(22)10(15)12(25-14)21-4-3-9(16)18-7-21/h3-4,8,10-12,22H,5-7H2,1-2H3,(H2,16,18)/t10-,11+,12-,14-/m1/s1. The molecule has 1 saturated heterocycles. The van der Waals surface area contributed by atoms with E-state index in [1.54, 1.807) is 13.8 Å². The Labute approximate surface area is 143 Å². The number of esters is 1. The van der Waals surface area contributed by atoms with Gasteiger partial charge in [0.1, 0.15) is 30.8 Å². The fraction of sp³-hybridized carbons (Fsp3) is 0.714. The molecule has 0 aromatic carbocycles. The number of nitrogens with zero attached hydrogens (tertiary/aromatic N) is 5. The molecule has 0 saturated carbocycles. The first-order valence-corrected chi connectivity index (χ1v) is 7.72. The molecule has 0 amide bonds. The summed E-state index contributed by atoms with van der Waals surface area (Å²) in [6, 6.07) is 0. The van der Waals surface area contributed by atoms with E-state index in [1.807, 2.05) is 0 Å². The highest BCUT2D eigenvalue weighted by Crippen LogP contribution is 2.36. The van der Waals surface area contributed by atoms with Crippen molar-refractivity contribution in [1.29, 1.82) is 0 Å². The molecule has 0 unspecified atom stereocenters. The summed E-state index contributed by atoms with van der Waals surface area (Å²) in [6.45, 7) is 2.48. The summed E-state index contributed by atoms with van der Waals surface area (Å²) >= 11 is 0. The number of carbonyl (C=O) groups excluding carboxylic acids is 1. The molecule has 0 aromatic rings. The van der Waals surface area contributed by atoms with Gasteiger partial charge in [0.25, 0.3) is 0 Å². The van der Waals surface area contributed by atoms with Gasteiger partial charge in [-0.25, -0.2) is 9.38 Å². The normalized spacial score (nSPS) is 31.6. The van der Waals surface area contributed by atoms with Gasteiger partial charge in [-0.3, -0.25) is 4.79 Å². The molecule has 0 spiro atoms. The number of ether oxygens (including phenoxy) is 2. The maximum absolute atomic E-state index is 14.7. The monoisotopic (exact) mass is 356 g/mol. The van der Waals surface area contributed by atoms with Gasteiger partial charge in [-0.05, 0) is 11.6 Å². The van der Waals surface area contributed by atoms with Crippen LogP contribution in [0.4, 0.5) is 4.39 Å². The molecule has 11 heteroatoms. The fourth-order valence-corrected chi connectivity index (χ4v) is 2.48. The molecule has 0 aliphatic carbocycles. The highest BCUT2D eigenvalue weighted by Gasteiger charge is 2.57. The van der Waals surface area contributed by atoms with Crippen LogP contribution in [0.15, 0.2) is 22.4 Å². The van der Waals surface area contributed by atoms with Crippen LogP contribution in [0.1, 0.15) is 13.8 Å². The van der Waals surface area contributed by atoms with Crippen LogP contribution in [0.2, 0.25) is 0 Å². The number of aliphatic hydroxyl groups excluding tert-OH is 1. The zero-order chi connectivity index (χ0) is 18.6. The minimum atomic E-state index is -1.83. The van der Waals surface area contributed by atoms with Crippen LogP contribution in [0.25, 0.3) is 10.4 Å². The predicted molar refractivity (Wildman–Crippen MR) is 85.8 cm³/mol. The Bertz CT molecular complexity index is 620. The van der Waals surface area contributed by atoms with E-state index >= 15 is 0 Å². The summed E-state index contributed by atoms with van der Waals surface area (Å²) in [7, 11) is 0. The van der Waals surface area contributed by atoms with Crippen molar-refractivity contribution in [1.82, 2.24) is 4.90 Å². The van der Waals surface area contributed by atoms with Gasteiger partial charge in [-0.1, -0.05) is 19.0 Å². The van der Waals surface area contributed by atoms with Crippen LogP contribution in [0, 0.1) is 5.92 Å². The maximum atomic E-state index is 14.7. The molecule has 2 heterocycles. The van der Waals surface area contributed by atoms with Gasteiger partial charge < -0.3 is 25.2 Å². The summed E-state index contributed by atoms with van der Waals surface area (Å²) in [6.07, 6.45) is -1.70. The molecule has 138 valence electrons. The first-order chi connectivity index (χ1) is 11.8. The number of aliphatic hydroxyl groups is 1. The van der Waals surface area contributed by atoms with E-state index in [9.17, 15) is 14.3 Å². The molecule has 25 heavy (non-hydrogen) atoms. The first-order valence-electron chi connectivity index (χ1n) is 7.72. The molecule has 10 nitrogen and oxygen atoms in total. The average molecular weight is 356 g/mol. The minimum absolute atomic E-state index is 0.0452. The number of carbonyl (C=O) groups is 1. The molecule has 2 aliphatic rings. The van der Waals surface area contributed by atoms with E-state index in [-0.39, 0.29) is 12.5 Å². The lowest BCUT2D eigenvalue weighted by molar-refractivity contribution is -0.169. The van der Waals surface area contributed by atoms with Crippen molar-refractivity contribution in [2.75, 3.05) is 19.8 Å². The Kier molecular flexibility index (Phi) is 5.83. The first kappa shape index (κ1) is 19.0. The average Bonchev–Trinajstić information content (AvgIpc) is 2.84. The molecule has 2 aliphatic heterocycles. The van der Waals surface area contributed by atoms with Crippen molar-refractivity contribution in [3.05, 3.63) is 22.7 Å². The minimum Gasteiger partial charge on any atom is -0.462 e. The number of rotatable bonds is 6. The SMILES string of the molecule is CC(C)C(=O)OC[C@@]1(CN=[N+]=[N-])O[C@@H](N2C=CC(N)=NC2)[C@H](F)[C@@H]1O. The van der Waals surface area contributed by atoms with Crippen LogP contribution < -0.4 is 5.73 Å². The van der Waals surface area contributed by atoms with Crippen LogP contribution in [-0.2, 0) is 14.3 Å². The molecule has 4 atom stereocenters. The summed E-state index contributed by atoms with van der Waals surface area (Å²) in [5.41, 5.74) is 12.4. The van der Waals surface area contributed by atoms with Crippen molar-refractivity contribution in [3.8, 4) is 0 Å². The van der Waals surface area contributed by atoms with Gasteiger partial charge in [0.15, 0.2) is 12.4 Å². The predicted octanol–water partition coefficient (Wildman–Crippen LogP) is 0.434. The number of azide groups is 1. The number of hydrogen-bond donors (Lipinski definition) is 2. The molecule has 0 bridgehead atoms. The van der Waals surface area contributed by atoms with Crippen LogP contribution in [0.3, 0.4) is 0 Å². The second-order valence-corrected chi connectivity index (χ2v) is 6.17. The molecule has 3 N–H and O–H groups in total. The Hall–Kier alpha value is -2.36. The van der Waals surface area contributed by atoms with Crippen LogP contribution in [-0.4, -0.2) is 65.7 Å². The Morgan fingerprint density at radius 1 is 1.76 bits per heavy atom. The lowest BCUT2D eigenvalue weighted by atomic mass is 9.96. The van der Waals surface area contributed by atoms with E-state index in [2.05, 4.69) is 15.0 Å². The maximum Gasteiger partial charge on any atom is 0.308 e. The van der Waals surface area contributed by atoms with Crippen molar-refractivity contribution in [2.45, 2.75) is 38.0 Å². The van der Waals surface area contributed by atoms with E-state index in [4.69, 9.17) is 20.7 Å². The summed E-state index contributed by atoms with van der Waals surface area (Å²) in [5, 5.41) is 13.7. The molecule has 0 radical (unpaired) electrons. The Balaban J connectivity index is 2.19. The zero-order valence-electron chi connectivity index (χ0n) is 13.9. The van der Waals surface area contributed by atoms with E-state index in [0.29, 0.717) is 0 Å². The summed E-state index contributed by atoms with van der Waals surface area (Å²) < 4.78 is 25.4. The number of hydrogen-bond acceptors (Lipinski definition) is 8. The molecule has 0 aromatic heterocycles. The van der Waals surface area contributed by atoms with Gasteiger partial charge in [0.05, 0.1) is 12.5 Å². The topological polar surface area (TPSA) is 146 Å². The zero-order valence-corrected chi connectivity index (χ0v) is 13.9. The largest absolute Gasteiger partial charge is 0.462 e. The molecular formula is C14H21FN6O4. The van der Waals surface area contributed by atoms with Gasteiger partial charge in [0.2, 0.25) is 0 Å². The third-order valence-corrected chi connectivity index (χ3v) is 3.98. The fourth-order valence-electron chi connectivity index (χ4n) is 2.48. The van der Waals surface area contributed by atoms with Crippen molar-refractivity contribution >= 4 is 11.8 Å². The van der Waals surface area contributed by atoms with Crippen LogP contribution in [0.5, 0.6) is 0 Å². The summed E-state index contributed by atoms with van der Waals surface area (Å²) in [4.78, 5) is 19.7. The molecular weight excluding hydrogens is 335 g/mol. The number of alkyl halides is 1. The number of aliphatic imine (C=N–C) groups is 1. The van der Waals surface area contributed by atoms with Crippen molar-refractivity contribution in [3.63, 3.8) is 0 Å². The second kappa shape index (κ2) is 7.68. The lowest BCUT2D eigenvalue weighted by Gasteiger charge is -2.32. The van der Waals surface area contributed by atoms with Crippen LogP contribution >= 0.6 is 0 Å². The van der Waals surface area contributed by atoms with Crippen molar-refractivity contribution < 1.29 is 23.8 Å². The Morgan fingerprint density at radius 3 is 3.04 bits per heavy atom. The Morgan fingerprint density at radius 2 is 2.48 bits per heavy atom.